The van der Waals surface area contributed by atoms with Crippen molar-refractivity contribution < 1.29 is 9.90 Å². The van der Waals surface area contributed by atoms with Gasteiger partial charge >= 0.3 is 0 Å². The summed E-state index contributed by atoms with van der Waals surface area (Å²) >= 11 is 0. The molecule has 1 N–H and O–H groups in total. The number of carbonyl (C=O) groups is 1. The van der Waals surface area contributed by atoms with Gasteiger partial charge in [-0.3, -0.25) is 4.79 Å². The first kappa shape index (κ1) is 18.5. The summed E-state index contributed by atoms with van der Waals surface area (Å²) in [4.78, 5) is 13.7. The standard InChI is InChI=1S/C20H23N3O2/c1-14-7-5-6-8-19(14)23-15(2)11-17(16(23)3)12-18(13-21)20(25)22(4)9-10-24/h5-8,11-12,24H,9-10H2,1-4H3/b18-12+. The van der Waals surface area contributed by atoms with Gasteiger partial charge in [0, 0.05) is 30.7 Å². The molecule has 0 aliphatic carbocycles. The van der Waals surface area contributed by atoms with Gasteiger partial charge in [0.05, 0.1) is 6.61 Å². The maximum atomic E-state index is 12.3. The van der Waals surface area contributed by atoms with Crippen LogP contribution in [0.4, 0.5) is 0 Å². The summed E-state index contributed by atoms with van der Waals surface area (Å²) in [6.45, 7) is 6.09. The van der Waals surface area contributed by atoms with Gasteiger partial charge in [-0.15, -0.1) is 0 Å². The molecule has 1 heterocycles. The van der Waals surface area contributed by atoms with Gasteiger partial charge in [-0.1, -0.05) is 18.2 Å². The fraction of sp³-hybridized carbons (Fsp3) is 0.300. The fourth-order valence-electron chi connectivity index (χ4n) is 2.87. The normalized spacial score (nSPS) is 11.3. The van der Waals surface area contributed by atoms with Gasteiger partial charge in [0.1, 0.15) is 11.6 Å². The van der Waals surface area contributed by atoms with Crippen molar-refractivity contribution in [3.63, 3.8) is 0 Å². The van der Waals surface area contributed by atoms with Crippen LogP contribution in [0, 0.1) is 32.1 Å². The summed E-state index contributed by atoms with van der Waals surface area (Å²) in [5.41, 5.74) is 5.13. The van der Waals surface area contributed by atoms with Gasteiger partial charge in [0.25, 0.3) is 5.91 Å². The Hall–Kier alpha value is -2.84. The lowest BCUT2D eigenvalue weighted by atomic mass is 10.1. The summed E-state index contributed by atoms with van der Waals surface area (Å²) in [7, 11) is 1.57. The molecule has 0 bridgehead atoms. The predicted molar refractivity (Wildman–Crippen MR) is 98.3 cm³/mol. The first-order valence-electron chi connectivity index (χ1n) is 8.13. The lowest BCUT2D eigenvalue weighted by Gasteiger charge is -2.15. The van der Waals surface area contributed by atoms with Crippen molar-refractivity contribution in [2.45, 2.75) is 20.8 Å². The number of benzene rings is 1. The van der Waals surface area contributed by atoms with Crippen molar-refractivity contribution in [2.24, 2.45) is 0 Å². The molecule has 0 aliphatic heterocycles. The molecule has 0 spiro atoms. The van der Waals surface area contributed by atoms with Gasteiger partial charge in [0.2, 0.25) is 0 Å². The van der Waals surface area contributed by atoms with Crippen molar-refractivity contribution in [3.05, 3.63) is 58.4 Å². The molecular formula is C20H23N3O2. The molecule has 0 fully saturated rings. The van der Waals surface area contributed by atoms with Crippen LogP contribution in [0.2, 0.25) is 0 Å². The van der Waals surface area contributed by atoms with Crippen LogP contribution in [0.15, 0.2) is 35.9 Å². The second-order valence-electron chi connectivity index (χ2n) is 6.07. The SMILES string of the molecule is Cc1ccccc1-n1c(C)cc(/C=C(\C#N)C(=O)N(C)CCO)c1C. The number of likely N-dealkylation sites (N-methyl/N-ethyl adjacent to an activating group) is 1. The van der Waals surface area contributed by atoms with E-state index in [9.17, 15) is 10.1 Å². The maximum absolute atomic E-state index is 12.3. The highest BCUT2D eigenvalue weighted by Crippen LogP contribution is 2.24. The Morgan fingerprint density at radius 1 is 1.32 bits per heavy atom. The van der Waals surface area contributed by atoms with Crippen LogP contribution >= 0.6 is 0 Å². The Kier molecular flexibility index (Phi) is 5.79. The third-order valence-corrected chi connectivity index (χ3v) is 4.26. The number of nitrogens with zero attached hydrogens (tertiary/aromatic N) is 3. The van der Waals surface area contributed by atoms with Crippen LogP contribution in [0.25, 0.3) is 11.8 Å². The Morgan fingerprint density at radius 2 is 2.00 bits per heavy atom. The third-order valence-electron chi connectivity index (χ3n) is 4.26. The lowest BCUT2D eigenvalue weighted by Crippen LogP contribution is -2.30. The van der Waals surface area contributed by atoms with E-state index in [1.165, 1.54) is 4.90 Å². The van der Waals surface area contributed by atoms with Gasteiger partial charge in [-0.25, -0.2) is 0 Å². The molecule has 1 aromatic heterocycles. The predicted octanol–water partition coefficient (Wildman–Crippen LogP) is 2.76. The van der Waals surface area contributed by atoms with Crippen LogP contribution in [0.5, 0.6) is 0 Å². The van der Waals surface area contributed by atoms with Gasteiger partial charge in [-0.05, 0) is 50.1 Å². The minimum atomic E-state index is -0.391. The number of aryl methyl sites for hydroxylation is 2. The third kappa shape index (κ3) is 3.81. The molecule has 0 radical (unpaired) electrons. The van der Waals surface area contributed by atoms with Gasteiger partial charge in [0.15, 0.2) is 0 Å². The smallest absolute Gasteiger partial charge is 0.264 e. The van der Waals surface area contributed by atoms with Crippen LogP contribution in [-0.4, -0.2) is 40.7 Å². The van der Waals surface area contributed by atoms with Crippen molar-refractivity contribution in [3.8, 4) is 11.8 Å². The second kappa shape index (κ2) is 7.82. The molecule has 5 nitrogen and oxygen atoms in total. The number of carbonyl (C=O) groups excluding carboxylic acids is 1. The van der Waals surface area contributed by atoms with Crippen molar-refractivity contribution in [1.29, 1.82) is 5.26 Å². The summed E-state index contributed by atoms with van der Waals surface area (Å²) in [5, 5.41) is 18.3. The second-order valence-corrected chi connectivity index (χ2v) is 6.07. The first-order chi connectivity index (χ1) is 11.9. The van der Waals surface area contributed by atoms with E-state index >= 15 is 0 Å². The number of amides is 1. The molecule has 1 amide bonds. The Labute approximate surface area is 148 Å². The molecule has 0 atom stereocenters. The van der Waals surface area contributed by atoms with E-state index in [2.05, 4.69) is 17.6 Å². The molecule has 0 saturated heterocycles. The Morgan fingerprint density at radius 3 is 2.60 bits per heavy atom. The molecule has 0 unspecified atom stereocenters. The molecular weight excluding hydrogens is 314 g/mol. The zero-order chi connectivity index (χ0) is 18.6. The minimum absolute atomic E-state index is 0.0565. The molecule has 25 heavy (non-hydrogen) atoms. The number of hydrogen-bond acceptors (Lipinski definition) is 3. The summed E-state index contributed by atoms with van der Waals surface area (Å²) in [6.07, 6.45) is 1.62. The number of nitriles is 1. The molecule has 1 aromatic carbocycles. The number of hydrogen-bond donors (Lipinski definition) is 1. The maximum Gasteiger partial charge on any atom is 0.264 e. The average Bonchev–Trinajstić information content (AvgIpc) is 2.86. The number of rotatable bonds is 5. The van der Waals surface area contributed by atoms with E-state index in [4.69, 9.17) is 5.11 Å². The molecule has 130 valence electrons. The Balaban J connectivity index is 2.48. The average molecular weight is 337 g/mol. The lowest BCUT2D eigenvalue weighted by molar-refractivity contribution is -0.125. The zero-order valence-corrected chi connectivity index (χ0v) is 15.1. The summed E-state index contributed by atoms with van der Waals surface area (Å²) in [6, 6.07) is 12.0. The van der Waals surface area contributed by atoms with Crippen LogP contribution in [0.1, 0.15) is 22.5 Å². The van der Waals surface area contributed by atoms with Gasteiger partial charge < -0.3 is 14.6 Å². The first-order valence-corrected chi connectivity index (χ1v) is 8.13. The van der Waals surface area contributed by atoms with Gasteiger partial charge in [-0.2, -0.15) is 5.26 Å². The highest BCUT2D eigenvalue weighted by molar-refractivity contribution is 6.01. The monoisotopic (exact) mass is 337 g/mol. The van der Waals surface area contributed by atoms with Crippen LogP contribution < -0.4 is 0 Å². The van der Waals surface area contributed by atoms with E-state index < -0.39 is 5.91 Å². The zero-order valence-electron chi connectivity index (χ0n) is 15.1. The highest BCUT2D eigenvalue weighted by atomic mass is 16.3. The quantitative estimate of drug-likeness (QED) is 0.674. The molecule has 0 aliphatic rings. The number of aliphatic hydroxyl groups is 1. The summed E-state index contributed by atoms with van der Waals surface area (Å²) in [5.74, 6) is -0.391. The van der Waals surface area contributed by atoms with Crippen LogP contribution in [0.3, 0.4) is 0 Å². The molecule has 5 heteroatoms. The van der Waals surface area contributed by atoms with E-state index in [-0.39, 0.29) is 18.7 Å². The summed E-state index contributed by atoms with van der Waals surface area (Å²) < 4.78 is 2.12. The van der Waals surface area contributed by atoms with E-state index in [0.717, 1.165) is 28.2 Å². The largest absolute Gasteiger partial charge is 0.395 e. The van der Waals surface area contributed by atoms with Crippen molar-refractivity contribution >= 4 is 12.0 Å². The van der Waals surface area contributed by atoms with Crippen molar-refractivity contribution in [1.82, 2.24) is 9.47 Å². The van der Waals surface area contributed by atoms with E-state index in [0.29, 0.717) is 0 Å². The topological polar surface area (TPSA) is 69.3 Å². The minimum Gasteiger partial charge on any atom is -0.395 e. The molecule has 0 saturated carbocycles. The highest BCUT2D eigenvalue weighted by Gasteiger charge is 2.17. The molecule has 2 rings (SSSR count). The van der Waals surface area contributed by atoms with E-state index in [1.807, 2.05) is 44.2 Å². The fourth-order valence-corrected chi connectivity index (χ4v) is 2.87. The van der Waals surface area contributed by atoms with Crippen LogP contribution in [-0.2, 0) is 4.79 Å². The number of aliphatic hydroxyl groups excluding tert-OH is 1. The molecule has 2 aromatic rings. The van der Waals surface area contributed by atoms with E-state index in [1.54, 1.807) is 13.1 Å². The van der Waals surface area contributed by atoms with Crippen molar-refractivity contribution in [2.75, 3.05) is 20.2 Å². The number of aromatic nitrogens is 1. The Bertz CT molecular complexity index is 856. The number of para-hydroxylation sites is 1.